The SMILES string of the molecule is CCCCN(c1ncnc2c1ncn2C1CCCCO1)C1CCc2ccccc21. The maximum Gasteiger partial charge on any atom is 0.167 e. The predicted octanol–water partition coefficient (Wildman–Crippen LogP) is 4.82. The summed E-state index contributed by atoms with van der Waals surface area (Å²) in [6, 6.07) is 9.19. The van der Waals surface area contributed by atoms with Crippen molar-refractivity contribution in [2.24, 2.45) is 0 Å². The van der Waals surface area contributed by atoms with Gasteiger partial charge in [-0.1, -0.05) is 37.6 Å². The topological polar surface area (TPSA) is 56.1 Å². The van der Waals surface area contributed by atoms with E-state index in [0.29, 0.717) is 6.04 Å². The van der Waals surface area contributed by atoms with Crippen LogP contribution in [0, 0.1) is 0 Å². The van der Waals surface area contributed by atoms with Gasteiger partial charge in [-0.2, -0.15) is 0 Å². The summed E-state index contributed by atoms with van der Waals surface area (Å²) in [5.41, 5.74) is 4.67. The molecule has 0 N–H and O–H groups in total. The van der Waals surface area contributed by atoms with E-state index in [0.717, 1.165) is 68.7 Å². The third kappa shape index (κ3) is 3.39. The fourth-order valence-corrected chi connectivity index (χ4v) is 4.80. The minimum Gasteiger partial charge on any atom is -0.358 e. The monoisotopic (exact) mass is 391 g/mol. The smallest absolute Gasteiger partial charge is 0.167 e. The van der Waals surface area contributed by atoms with Gasteiger partial charge in [0.25, 0.3) is 0 Å². The highest BCUT2D eigenvalue weighted by Gasteiger charge is 2.30. The number of nitrogens with zero attached hydrogens (tertiary/aromatic N) is 5. The zero-order chi connectivity index (χ0) is 19.6. The molecule has 29 heavy (non-hydrogen) atoms. The quantitative estimate of drug-likeness (QED) is 0.603. The summed E-state index contributed by atoms with van der Waals surface area (Å²) in [6.45, 7) is 4.03. The number of hydrogen-bond donors (Lipinski definition) is 0. The molecule has 6 heteroatoms. The third-order valence-electron chi connectivity index (χ3n) is 6.31. The molecule has 2 atom stereocenters. The highest BCUT2D eigenvalue weighted by Crippen LogP contribution is 2.39. The van der Waals surface area contributed by atoms with Gasteiger partial charge in [-0.05, 0) is 49.7 Å². The van der Waals surface area contributed by atoms with Crippen LogP contribution in [0.2, 0.25) is 0 Å². The van der Waals surface area contributed by atoms with Gasteiger partial charge in [0, 0.05) is 13.2 Å². The number of hydrogen-bond acceptors (Lipinski definition) is 5. The predicted molar refractivity (Wildman–Crippen MR) is 114 cm³/mol. The van der Waals surface area contributed by atoms with Crippen molar-refractivity contribution in [3.8, 4) is 0 Å². The number of anilines is 1. The van der Waals surface area contributed by atoms with Gasteiger partial charge in [-0.3, -0.25) is 4.57 Å². The summed E-state index contributed by atoms with van der Waals surface area (Å²) in [5.74, 6) is 0.958. The minimum absolute atomic E-state index is 0.0350. The number of fused-ring (bicyclic) bond motifs is 2. The van der Waals surface area contributed by atoms with E-state index in [4.69, 9.17) is 14.7 Å². The first-order valence-corrected chi connectivity index (χ1v) is 11.0. The minimum atomic E-state index is 0.0350. The van der Waals surface area contributed by atoms with Crippen LogP contribution in [-0.2, 0) is 11.2 Å². The largest absolute Gasteiger partial charge is 0.358 e. The van der Waals surface area contributed by atoms with Gasteiger partial charge in [0.2, 0.25) is 0 Å². The molecule has 6 nitrogen and oxygen atoms in total. The highest BCUT2D eigenvalue weighted by atomic mass is 16.5. The molecule has 2 aliphatic rings. The van der Waals surface area contributed by atoms with Crippen LogP contribution in [0.25, 0.3) is 11.2 Å². The third-order valence-corrected chi connectivity index (χ3v) is 6.31. The number of aromatic nitrogens is 4. The Kier molecular flexibility index (Phi) is 5.19. The van der Waals surface area contributed by atoms with Crippen LogP contribution in [0.3, 0.4) is 0 Å². The van der Waals surface area contributed by atoms with Crippen LogP contribution in [0.15, 0.2) is 36.9 Å². The molecule has 0 saturated carbocycles. The van der Waals surface area contributed by atoms with E-state index in [1.54, 1.807) is 6.33 Å². The molecule has 1 saturated heterocycles. The molecule has 1 aliphatic carbocycles. The van der Waals surface area contributed by atoms with Gasteiger partial charge in [0.15, 0.2) is 17.0 Å². The highest BCUT2D eigenvalue weighted by molar-refractivity contribution is 5.83. The van der Waals surface area contributed by atoms with Gasteiger partial charge in [-0.25, -0.2) is 15.0 Å². The number of imidazole rings is 1. The molecule has 2 aromatic heterocycles. The first kappa shape index (κ1) is 18.6. The molecule has 3 heterocycles. The second-order valence-electron chi connectivity index (χ2n) is 8.14. The van der Waals surface area contributed by atoms with Crippen molar-refractivity contribution in [1.82, 2.24) is 19.5 Å². The lowest BCUT2D eigenvalue weighted by Crippen LogP contribution is -2.29. The summed E-state index contributed by atoms with van der Waals surface area (Å²) in [6.07, 6.45) is 11.5. The molecule has 0 radical (unpaired) electrons. The molecule has 0 amide bonds. The van der Waals surface area contributed by atoms with E-state index in [1.165, 1.54) is 17.5 Å². The summed E-state index contributed by atoms with van der Waals surface area (Å²) in [4.78, 5) is 16.6. The van der Waals surface area contributed by atoms with E-state index in [2.05, 4.69) is 45.6 Å². The van der Waals surface area contributed by atoms with Gasteiger partial charge < -0.3 is 9.64 Å². The van der Waals surface area contributed by atoms with Crippen LogP contribution < -0.4 is 4.90 Å². The fourth-order valence-electron chi connectivity index (χ4n) is 4.80. The zero-order valence-corrected chi connectivity index (χ0v) is 17.1. The average molecular weight is 392 g/mol. The summed E-state index contributed by atoms with van der Waals surface area (Å²) in [5, 5.41) is 0. The van der Waals surface area contributed by atoms with Crippen molar-refractivity contribution >= 4 is 17.0 Å². The van der Waals surface area contributed by atoms with Crippen LogP contribution in [0.1, 0.15) is 68.8 Å². The summed E-state index contributed by atoms with van der Waals surface area (Å²) in [7, 11) is 0. The molecule has 1 aromatic carbocycles. The summed E-state index contributed by atoms with van der Waals surface area (Å²) < 4.78 is 8.09. The van der Waals surface area contributed by atoms with Crippen LogP contribution in [0.5, 0.6) is 0 Å². The Morgan fingerprint density at radius 1 is 1.14 bits per heavy atom. The normalized spacial score (nSPS) is 21.4. The molecule has 0 spiro atoms. The van der Waals surface area contributed by atoms with Gasteiger partial charge in [-0.15, -0.1) is 0 Å². The fraction of sp³-hybridized carbons (Fsp3) is 0.522. The van der Waals surface area contributed by atoms with Crippen molar-refractivity contribution in [3.63, 3.8) is 0 Å². The average Bonchev–Trinajstić information content (AvgIpc) is 3.40. The van der Waals surface area contributed by atoms with Gasteiger partial charge in [0.05, 0.1) is 12.4 Å². The lowest BCUT2D eigenvalue weighted by molar-refractivity contribution is -0.0298. The van der Waals surface area contributed by atoms with Gasteiger partial charge in [0.1, 0.15) is 12.6 Å². The molecule has 2 unspecified atom stereocenters. The maximum absolute atomic E-state index is 5.99. The number of unbranched alkanes of at least 4 members (excludes halogenated alkanes) is 1. The molecular weight excluding hydrogens is 362 g/mol. The zero-order valence-electron chi connectivity index (χ0n) is 17.1. The second kappa shape index (κ2) is 8.11. The number of aryl methyl sites for hydroxylation is 1. The van der Waals surface area contributed by atoms with Crippen LogP contribution in [-0.4, -0.2) is 32.7 Å². The molecule has 1 aliphatic heterocycles. The van der Waals surface area contributed by atoms with Gasteiger partial charge >= 0.3 is 0 Å². The van der Waals surface area contributed by atoms with Crippen molar-refractivity contribution in [1.29, 1.82) is 0 Å². The standard InChI is InChI=1S/C23H29N5O/c1-2-3-13-27(19-12-11-17-8-4-5-9-18(17)19)22-21-23(25-15-24-22)28(16-26-21)20-10-6-7-14-29-20/h4-5,8-9,15-16,19-20H,2-3,6-7,10-14H2,1H3. The molecule has 1 fully saturated rings. The Labute approximate surface area is 171 Å². The maximum atomic E-state index is 5.99. The van der Waals surface area contributed by atoms with E-state index in [-0.39, 0.29) is 6.23 Å². The molecule has 0 bridgehead atoms. The van der Waals surface area contributed by atoms with E-state index < -0.39 is 0 Å². The Morgan fingerprint density at radius 3 is 2.93 bits per heavy atom. The molecule has 3 aromatic rings. The van der Waals surface area contributed by atoms with E-state index in [1.807, 2.05) is 6.33 Å². The van der Waals surface area contributed by atoms with E-state index >= 15 is 0 Å². The number of rotatable bonds is 6. The van der Waals surface area contributed by atoms with Crippen molar-refractivity contribution in [2.75, 3.05) is 18.1 Å². The van der Waals surface area contributed by atoms with E-state index in [9.17, 15) is 0 Å². The van der Waals surface area contributed by atoms with Crippen molar-refractivity contribution in [2.45, 2.75) is 64.1 Å². The lowest BCUT2D eigenvalue weighted by Gasteiger charge is -2.31. The lowest BCUT2D eigenvalue weighted by atomic mass is 10.1. The first-order valence-electron chi connectivity index (χ1n) is 11.0. The van der Waals surface area contributed by atoms with Crippen LogP contribution >= 0.6 is 0 Å². The van der Waals surface area contributed by atoms with Crippen molar-refractivity contribution < 1.29 is 4.74 Å². The molecule has 152 valence electrons. The first-order chi connectivity index (χ1) is 14.4. The van der Waals surface area contributed by atoms with Crippen LogP contribution in [0.4, 0.5) is 5.82 Å². The Morgan fingerprint density at radius 2 is 2.07 bits per heavy atom. The molecular formula is C23H29N5O. The summed E-state index contributed by atoms with van der Waals surface area (Å²) >= 11 is 0. The number of benzene rings is 1. The Balaban J connectivity index is 1.55. The second-order valence-corrected chi connectivity index (χ2v) is 8.14. The number of ether oxygens (including phenoxy) is 1. The molecule has 5 rings (SSSR count). The Hall–Kier alpha value is -2.47. The van der Waals surface area contributed by atoms with Crippen molar-refractivity contribution in [3.05, 3.63) is 48.0 Å². The Bertz CT molecular complexity index is 978.